The molecule has 1 aliphatic heterocycles. The number of pyridine rings is 1. The number of benzene rings is 2. The molecule has 0 aliphatic carbocycles. The van der Waals surface area contributed by atoms with Gasteiger partial charge in [0.15, 0.2) is 5.75 Å². The number of ether oxygens (including phenoxy) is 1. The predicted molar refractivity (Wildman–Crippen MR) is 98.5 cm³/mol. The minimum absolute atomic E-state index is 0.000548. The molecule has 6 heteroatoms. The van der Waals surface area contributed by atoms with E-state index in [1.54, 1.807) is 24.3 Å². The molecule has 0 saturated carbocycles. The third-order valence-electron chi connectivity index (χ3n) is 4.38. The first kappa shape index (κ1) is 16.8. The van der Waals surface area contributed by atoms with Crippen molar-refractivity contribution in [3.8, 4) is 5.75 Å². The lowest BCUT2D eigenvalue weighted by molar-refractivity contribution is 0.0640. The van der Waals surface area contributed by atoms with E-state index in [4.69, 9.17) is 4.74 Å². The Morgan fingerprint density at radius 3 is 2.11 bits per heavy atom. The van der Waals surface area contributed by atoms with Gasteiger partial charge in [0.25, 0.3) is 11.8 Å². The van der Waals surface area contributed by atoms with Crippen molar-refractivity contribution in [3.05, 3.63) is 99.5 Å². The average Bonchev–Trinajstić information content (AvgIpc) is 2.93. The second-order valence-corrected chi connectivity index (χ2v) is 6.20. The van der Waals surface area contributed by atoms with Crippen LogP contribution in [0.4, 0.5) is 0 Å². The summed E-state index contributed by atoms with van der Waals surface area (Å²) in [5.74, 6) is -0.535. The number of H-pyrrole nitrogens is 1. The molecule has 2 amide bonds. The van der Waals surface area contributed by atoms with Crippen LogP contribution in [0, 0.1) is 0 Å². The van der Waals surface area contributed by atoms with E-state index >= 15 is 0 Å². The smallest absolute Gasteiger partial charge is 0.261 e. The molecule has 134 valence electrons. The van der Waals surface area contributed by atoms with E-state index in [1.165, 1.54) is 12.3 Å². The number of aromatic amines is 1. The normalized spacial score (nSPS) is 13.0. The van der Waals surface area contributed by atoms with Crippen molar-refractivity contribution < 1.29 is 14.3 Å². The average molecular weight is 360 g/mol. The monoisotopic (exact) mass is 360 g/mol. The first-order chi connectivity index (χ1) is 13.1. The molecule has 2 heterocycles. The SMILES string of the molecule is O=C1c2ccccc2C(=O)N1Cc1cc(=O)c(OCc2ccccc2)c[nH]1. The summed E-state index contributed by atoms with van der Waals surface area (Å²) < 4.78 is 5.55. The van der Waals surface area contributed by atoms with Crippen LogP contribution in [0.3, 0.4) is 0 Å². The van der Waals surface area contributed by atoms with Gasteiger partial charge in [0.1, 0.15) is 6.61 Å². The Morgan fingerprint density at radius 2 is 1.48 bits per heavy atom. The maximum Gasteiger partial charge on any atom is 0.261 e. The number of nitrogens with one attached hydrogen (secondary N) is 1. The number of fused-ring (bicyclic) bond motifs is 1. The number of amides is 2. The number of carbonyl (C=O) groups is 2. The molecule has 0 spiro atoms. The molecular formula is C21H16N2O4. The number of nitrogens with zero attached hydrogens (tertiary/aromatic N) is 1. The third kappa shape index (κ3) is 3.25. The van der Waals surface area contributed by atoms with Gasteiger partial charge in [0.2, 0.25) is 5.43 Å². The molecule has 3 aromatic rings. The van der Waals surface area contributed by atoms with Crippen LogP contribution in [0.2, 0.25) is 0 Å². The van der Waals surface area contributed by atoms with E-state index in [1.807, 2.05) is 30.3 Å². The minimum atomic E-state index is -0.360. The summed E-state index contributed by atoms with van der Waals surface area (Å²) in [4.78, 5) is 41.2. The molecule has 6 nitrogen and oxygen atoms in total. The van der Waals surface area contributed by atoms with E-state index in [-0.39, 0.29) is 36.1 Å². The van der Waals surface area contributed by atoms with Crippen LogP contribution in [-0.2, 0) is 13.2 Å². The van der Waals surface area contributed by atoms with Gasteiger partial charge in [0, 0.05) is 18.0 Å². The highest BCUT2D eigenvalue weighted by atomic mass is 16.5. The van der Waals surface area contributed by atoms with Gasteiger partial charge >= 0.3 is 0 Å². The molecular weight excluding hydrogens is 344 g/mol. The molecule has 2 aromatic carbocycles. The second-order valence-electron chi connectivity index (χ2n) is 6.20. The van der Waals surface area contributed by atoms with Crippen molar-refractivity contribution in [1.29, 1.82) is 0 Å². The van der Waals surface area contributed by atoms with Crippen LogP contribution < -0.4 is 10.2 Å². The number of rotatable bonds is 5. The molecule has 1 aromatic heterocycles. The van der Waals surface area contributed by atoms with Crippen LogP contribution >= 0.6 is 0 Å². The van der Waals surface area contributed by atoms with Gasteiger partial charge in [-0.1, -0.05) is 42.5 Å². The van der Waals surface area contributed by atoms with Gasteiger partial charge in [-0.2, -0.15) is 0 Å². The van der Waals surface area contributed by atoms with E-state index in [9.17, 15) is 14.4 Å². The van der Waals surface area contributed by atoms with Gasteiger partial charge in [0.05, 0.1) is 17.7 Å². The Morgan fingerprint density at radius 1 is 0.852 bits per heavy atom. The quantitative estimate of drug-likeness (QED) is 0.710. The maximum absolute atomic E-state index is 12.4. The Kier molecular flexibility index (Phi) is 4.30. The summed E-state index contributed by atoms with van der Waals surface area (Å²) in [5, 5.41) is 0. The lowest BCUT2D eigenvalue weighted by Gasteiger charge is -2.14. The highest BCUT2D eigenvalue weighted by Gasteiger charge is 2.35. The first-order valence-corrected chi connectivity index (χ1v) is 8.47. The standard InChI is InChI=1S/C21H16N2O4/c24-18-10-15(22-11-19(18)27-13-14-6-2-1-3-7-14)12-23-20(25)16-8-4-5-9-17(16)21(23)26/h1-11H,12-13H2,(H,22,24). The fourth-order valence-corrected chi connectivity index (χ4v) is 2.99. The summed E-state index contributed by atoms with van der Waals surface area (Å²) in [6.45, 7) is 0.280. The highest BCUT2D eigenvalue weighted by molar-refractivity contribution is 6.21. The van der Waals surface area contributed by atoms with Gasteiger partial charge in [-0.05, 0) is 17.7 Å². The fourth-order valence-electron chi connectivity index (χ4n) is 2.99. The van der Waals surface area contributed by atoms with Gasteiger partial charge in [-0.15, -0.1) is 0 Å². The van der Waals surface area contributed by atoms with Crippen molar-refractivity contribution in [3.63, 3.8) is 0 Å². The molecule has 0 saturated heterocycles. The molecule has 0 bridgehead atoms. The van der Waals surface area contributed by atoms with Crippen molar-refractivity contribution in [1.82, 2.24) is 9.88 Å². The summed E-state index contributed by atoms with van der Waals surface area (Å²) in [7, 11) is 0. The van der Waals surface area contributed by atoms with Crippen molar-refractivity contribution in [2.45, 2.75) is 13.2 Å². The Bertz CT molecular complexity index is 1040. The predicted octanol–water partition coefficient (Wildman–Crippen LogP) is 2.75. The lowest BCUT2D eigenvalue weighted by atomic mass is 10.1. The Hall–Kier alpha value is -3.67. The maximum atomic E-state index is 12.4. The van der Waals surface area contributed by atoms with Crippen molar-refractivity contribution >= 4 is 11.8 Å². The largest absolute Gasteiger partial charge is 0.483 e. The fraction of sp³-hybridized carbons (Fsp3) is 0.0952. The molecule has 0 fully saturated rings. The molecule has 0 atom stereocenters. The summed E-state index contributed by atoms with van der Waals surface area (Å²) in [6, 6.07) is 17.5. The molecule has 1 aliphatic rings. The number of imide groups is 1. The van der Waals surface area contributed by atoms with Crippen LogP contribution in [0.1, 0.15) is 32.0 Å². The topological polar surface area (TPSA) is 79.5 Å². The van der Waals surface area contributed by atoms with Crippen molar-refractivity contribution in [2.24, 2.45) is 0 Å². The van der Waals surface area contributed by atoms with Crippen LogP contribution in [0.25, 0.3) is 0 Å². The first-order valence-electron chi connectivity index (χ1n) is 8.47. The summed E-state index contributed by atoms with van der Waals surface area (Å²) in [5.41, 5.74) is 1.87. The highest BCUT2D eigenvalue weighted by Crippen LogP contribution is 2.23. The van der Waals surface area contributed by atoms with E-state index in [0.29, 0.717) is 16.8 Å². The van der Waals surface area contributed by atoms with E-state index in [0.717, 1.165) is 10.5 Å². The molecule has 0 radical (unpaired) electrons. The van der Waals surface area contributed by atoms with E-state index in [2.05, 4.69) is 4.98 Å². The van der Waals surface area contributed by atoms with Gasteiger partial charge in [-0.3, -0.25) is 19.3 Å². The molecule has 0 unspecified atom stereocenters. The second kappa shape index (κ2) is 6.92. The molecule has 1 N–H and O–H groups in total. The molecule has 27 heavy (non-hydrogen) atoms. The Labute approximate surface area is 155 Å². The van der Waals surface area contributed by atoms with Crippen molar-refractivity contribution in [2.75, 3.05) is 0 Å². The van der Waals surface area contributed by atoms with Crippen LogP contribution in [0.5, 0.6) is 5.75 Å². The van der Waals surface area contributed by atoms with Crippen LogP contribution in [-0.4, -0.2) is 21.7 Å². The number of hydrogen-bond donors (Lipinski definition) is 1. The summed E-state index contributed by atoms with van der Waals surface area (Å²) in [6.07, 6.45) is 1.46. The van der Waals surface area contributed by atoms with Gasteiger partial charge in [-0.25, -0.2) is 0 Å². The Balaban J connectivity index is 1.48. The number of aromatic nitrogens is 1. The minimum Gasteiger partial charge on any atom is -0.483 e. The zero-order valence-electron chi connectivity index (χ0n) is 14.3. The number of carbonyl (C=O) groups excluding carboxylic acids is 2. The van der Waals surface area contributed by atoms with Crippen LogP contribution in [0.15, 0.2) is 71.7 Å². The van der Waals surface area contributed by atoms with E-state index < -0.39 is 0 Å². The summed E-state index contributed by atoms with van der Waals surface area (Å²) >= 11 is 0. The third-order valence-corrected chi connectivity index (χ3v) is 4.38. The number of hydrogen-bond acceptors (Lipinski definition) is 4. The zero-order valence-corrected chi connectivity index (χ0v) is 14.3. The lowest BCUT2D eigenvalue weighted by Crippen LogP contribution is -2.30. The zero-order chi connectivity index (χ0) is 18.8. The van der Waals surface area contributed by atoms with Gasteiger partial charge < -0.3 is 9.72 Å². The molecule has 4 rings (SSSR count).